The highest BCUT2D eigenvalue weighted by molar-refractivity contribution is 9.10. The van der Waals surface area contributed by atoms with Crippen LogP contribution in [0.5, 0.6) is 0 Å². The second-order valence-electron chi connectivity index (χ2n) is 3.85. The van der Waals surface area contributed by atoms with E-state index in [1.165, 1.54) is 0 Å². The van der Waals surface area contributed by atoms with Crippen LogP contribution in [0.25, 0.3) is 0 Å². The van der Waals surface area contributed by atoms with Gasteiger partial charge in [0.05, 0.1) is 0 Å². The summed E-state index contributed by atoms with van der Waals surface area (Å²) in [5.41, 5.74) is 7.47. The molecule has 0 radical (unpaired) electrons. The lowest BCUT2D eigenvalue weighted by Crippen LogP contribution is -2.48. The molecule has 0 amide bonds. The number of nitrogens with one attached hydrogen (secondary N) is 4. The molecule has 1 aromatic rings. The van der Waals surface area contributed by atoms with E-state index in [-0.39, 0.29) is 0 Å². The van der Waals surface area contributed by atoms with Crippen molar-refractivity contribution in [2.45, 2.75) is 6.92 Å². The van der Waals surface area contributed by atoms with Crippen LogP contribution >= 0.6 is 40.4 Å². The summed E-state index contributed by atoms with van der Waals surface area (Å²) in [5, 5.41) is 6.89. The average molecular weight is 359 g/mol. The van der Waals surface area contributed by atoms with E-state index in [9.17, 15) is 0 Å². The fourth-order valence-corrected chi connectivity index (χ4v) is 1.81. The van der Waals surface area contributed by atoms with Crippen molar-refractivity contribution in [3.8, 4) is 0 Å². The first-order valence-corrected chi connectivity index (χ1v) is 7.09. The van der Waals surface area contributed by atoms with Gasteiger partial charge in [-0.15, -0.1) is 0 Å². The first kappa shape index (κ1) is 15.9. The summed E-state index contributed by atoms with van der Waals surface area (Å²) in [6.45, 7) is 6.32. The van der Waals surface area contributed by atoms with Gasteiger partial charge in [-0.1, -0.05) is 34.1 Å². The summed E-state index contributed by atoms with van der Waals surface area (Å²) in [7, 11) is 0. The molecule has 102 valence electrons. The molecule has 0 aliphatic heterocycles. The number of halogens is 1. The maximum absolute atomic E-state index is 5.13. The van der Waals surface area contributed by atoms with Crippen LogP contribution in [0, 0.1) is 0 Å². The van der Waals surface area contributed by atoms with Crippen molar-refractivity contribution in [1.82, 2.24) is 16.2 Å². The Morgan fingerprint density at radius 1 is 1.26 bits per heavy atom. The quantitative estimate of drug-likeness (QED) is 0.378. The van der Waals surface area contributed by atoms with Crippen LogP contribution in [0.4, 0.5) is 5.69 Å². The summed E-state index contributed by atoms with van der Waals surface area (Å²) in [4.78, 5) is 0. The number of benzene rings is 1. The molecule has 4 nitrogen and oxygen atoms in total. The third-order valence-corrected chi connectivity index (χ3v) is 2.87. The van der Waals surface area contributed by atoms with Crippen molar-refractivity contribution in [3.63, 3.8) is 0 Å². The molecule has 0 atom stereocenters. The highest BCUT2D eigenvalue weighted by Gasteiger charge is 1.99. The molecule has 1 aromatic carbocycles. The van der Waals surface area contributed by atoms with Crippen molar-refractivity contribution in [2.75, 3.05) is 11.9 Å². The molecule has 7 heteroatoms. The predicted molar refractivity (Wildman–Crippen MR) is 92.0 cm³/mol. The van der Waals surface area contributed by atoms with Crippen LogP contribution in [0.2, 0.25) is 0 Å². The minimum Gasteiger partial charge on any atom is -0.358 e. The molecule has 1 rings (SSSR count). The van der Waals surface area contributed by atoms with Gasteiger partial charge in [-0.05, 0) is 49.6 Å². The Morgan fingerprint density at radius 3 is 2.58 bits per heavy atom. The summed E-state index contributed by atoms with van der Waals surface area (Å²) < 4.78 is 0.979. The Kier molecular flexibility index (Phi) is 6.75. The zero-order valence-electron chi connectivity index (χ0n) is 10.4. The smallest absolute Gasteiger partial charge is 0.189 e. The monoisotopic (exact) mass is 358 g/mol. The minimum atomic E-state index is 0.428. The van der Waals surface area contributed by atoms with E-state index in [1.807, 2.05) is 31.2 Å². The summed E-state index contributed by atoms with van der Waals surface area (Å²) in [6.07, 6.45) is 0. The normalized spacial score (nSPS) is 9.37. The Labute approximate surface area is 132 Å². The maximum Gasteiger partial charge on any atom is 0.189 e. The predicted octanol–water partition coefficient (Wildman–Crippen LogP) is 2.69. The minimum absolute atomic E-state index is 0.428. The highest BCUT2D eigenvalue weighted by Crippen LogP contribution is 2.15. The van der Waals surface area contributed by atoms with Gasteiger partial charge in [-0.3, -0.25) is 10.9 Å². The molecule has 0 heterocycles. The van der Waals surface area contributed by atoms with E-state index in [0.29, 0.717) is 16.8 Å². The molecule has 0 aliphatic rings. The molecule has 0 aromatic heterocycles. The van der Waals surface area contributed by atoms with Gasteiger partial charge in [0.15, 0.2) is 10.2 Å². The van der Waals surface area contributed by atoms with Crippen LogP contribution in [0.15, 0.2) is 40.9 Å². The SMILES string of the molecule is C=C(C)CNC(=S)NNC(=S)Nc1cccc(Br)c1. The first-order valence-electron chi connectivity index (χ1n) is 5.48. The third-order valence-electron chi connectivity index (χ3n) is 1.92. The van der Waals surface area contributed by atoms with E-state index in [1.54, 1.807) is 0 Å². The van der Waals surface area contributed by atoms with Crippen molar-refractivity contribution in [3.05, 3.63) is 40.9 Å². The molecular formula is C12H15BrN4S2. The maximum atomic E-state index is 5.13. The van der Waals surface area contributed by atoms with E-state index in [4.69, 9.17) is 24.4 Å². The van der Waals surface area contributed by atoms with Gasteiger partial charge in [0.1, 0.15) is 0 Å². The van der Waals surface area contributed by atoms with Crippen molar-refractivity contribution in [2.24, 2.45) is 0 Å². The second kappa shape index (κ2) is 8.08. The van der Waals surface area contributed by atoms with E-state index < -0.39 is 0 Å². The fourth-order valence-electron chi connectivity index (χ4n) is 1.12. The van der Waals surface area contributed by atoms with Crippen LogP contribution in [0.1, 0.15) is 6.92 Å². The summed E-state index contributed by atoms with van der Waals surface area (Å²) >= 11 is 13.6. The van der Waals surface area contributed by atoms with Crippen LogP contribution < -0.4 is 21.5 Å². The second-order valence-corrected chi connectivity index (χ2v) is 5.59. The standard InChI is InChI=1S/C12H15BrN4S2/c1-8(2)7-14-11(18)16-17-12(19)15-10-5-3-4-9(13)6-10/h3-6H,1,7H2,2H3,(H2,14,16,18)(H2,15,17,19). The molecule has 0 saturated heterocycles. The molecule has 0 spiro atoms. The summed E-state index contributed by atoms with van der Waals surface area (Å²) in [6, 6.07) is 7.69. The average Bonchev–Trinajstić information content (AvgIpc) is 2.34. The Morgan fingerprint density at radius 2 is 1.95 bits per heavy atom. The number of rotatable bonds is 3. The molecule has 0 fully saturated rings. The largest absolute Gasteiger partial charge is 0.358 e. The number of hydrogen-bond donors (Lipinski definition) is 4. The van der Waals surface area contributed by atoms with E-state index in [0.717, 1.165) is 15.7 Å². The lowest BCUT2D eigenvalue weighted by Gasteiger charge is -2.14. The van der Waals surface area contributed by atoms with Gasteiger partial charge in [0.2, 0.25) is 0 Å². The Hall–Kier alpha value is -1.18. The number of hydrazine groups is 1. The van der Waals surface area contributed by atoms with E-state index in [2.05, 4.69) is 44.0 Å². The molecule has 4 N–H and O–H groups in total. The molecular weight excluding hydrogens is 344 g/mol. The van der Waals surface area contributed by atoms with Gasteiger partial charge >= 0.3 is 0 Å². The zero-order chi connectivity index (χ0) is 14.3. The van der Waals surface area contributed by atoms with Crippen LogP contribution in [0.3, 0.4) is 0 Å². The van der Waals surface area contributed by atoms with Crippen molar-refractivity contribution >= 4 is 56.3 Å². The molecule has 0 unspecified atom stereocenters. The Bertz CT molecular complexity index is 490. The van der Waals surface area contributed by atoms with Gasteiger partial charge < -0.3 is 10.6 Å². The molecule has 0 saturated carbocycles. The number of thiocarbonyl (C=S) groups is 2. The molecule has 0 bridgehead atoms. The van der Waals surface area contributed by atoms with E-state index >= 15 is 0 Å². The number of anilines is 1. The van der Waals surface area contributed by atoms with Crippen molar-refractivity contribution < 1.29 is 0 Å². The zero-order valence-corrected chi connectivity index (χ0v) is 13.6. The van der Waals surface area contributed by atoms with Gasteiger partial charge in [0.25, 0.3) is 0 Å². The molecule has 19 heavy (non-hydrogen) atoms. The Balaban J connectivity index is 2.32. The third kappa shape index (κ3) is 7.09. The fraction of sp³-hybridized carbons (Fsp3) is 0.167. The lowest BCUT2D eigenvalue weighted by atomic mass is 10.3. The van der Waals surface area contributed by atoms with Gasteiger partial charge in [-0.25, -0.2) is 0 Å². The first-order chi connectivity index (χ1) is 8.97. The number of hydrogen-bond acceptors (Lipinski definition) is 2. The molecule has 0 aliphatic carbocycles. The van der Waals surface area contributed by atoms with Crippen molar-refractivity contribution in [1.29, 1.82) is 0 Å². The topological polar surface area (TPSA) is 48.1 Å². The highest BCUT2D eigenvalue weighted by atomic mass is 79.9. The lowest BCUT2D eigenvalue weighted by molar-refractivity contribution is 0.831. The summed E-state index contributed by atoms with van der Waals surface area (Å²) in [5.74, 6) is 0. The van der Waals surface area contributed by atoms with Gasteiger partial charge in [-0.2, -0.15) is 0 Å². The van der Waals surface area contributed by atoms with Crippen LogP contribution in [-0.4, -0.2) is 16.8 Å². The van der Waals surface area contributed by atoms with Gasteiger partial charge in [0, 0.05) is 16.7 Å². The van der Waals surface area contributed by atoms with Crippen LogP contribution in [-0.2, 0) is 0 Å².